The second-order valence-electron chi connectivity index (χ2n) is 7.46. The van der Waals surface area contributed by atoms with Crippen molar-refractivity contribution in [1.29, 1.82) is 0 Å². The number of nitrogens with two attached hydrogens (primary N) is 1. The number of likely N-dealkylation sites (tertiary alicyclic amines) is 2. The molecule has 0 aromatic rings. The normalized spacial score (nSPS) is 22.2. The van der Waals surface area contributed by atoms with Crippen LogP contribution in [0.2, 0.25) is 0 Å². The smallest absolute Gasteiger partial charge is 0.317 e. The lowest BCUT2D eigenvalue weighted by Gasteiger charge is -2.35. The average Bonchev–Trinajstić information content (AvgIpc) is 2.53. The number of carbonyl (C=O) groups excluding carboxylic acids is 2. The zero-order chi connectivity index (χ0) is 16.8. The molecule has 0 bridgehead atoms. The van der Waals surface area contributed by atoms with Gasteiger partial charge in [-0.1, -0.05) is 13.8 Å². The molecule has 0 radical (unpaired) electrons. The predicted molar refractivity (Wildman–Crippen MR) is 98.2 cm³/mol. The van der Waals surface area contributed by atoms with E-state index in [-0.39, 0.29) is 36.3 Å². The van der Waals surface area contributed by atoms with E-state index in [1.807, 2.05) is 9.80 Å². The summed E-state index contributed by atoms with van der Waals surface area (Å²) < 4.78 is 0. The van der Waals surface area contributed by atoms with Crippen LogP contribution in [-0.2, 0) is 4.79 Å². The van der Waals surface area contributed by atoms with Gasteiger partial charge in [-0.2, -0.15) is 0 Å². The molecular formula is C17H33ClN4O2. The predicted octanol–water partition coefficient (Wildman–Crippen LogP) is 1.83. The van der Waals surface area contributed by atoms with E-state index in [9.17, 15) is 9.59 Å². The van der Waals surface area contributed by atoms with Gasteiger partial charge in [0.25, 0.3) is 0 Å². The van der Waals surface area contributed by atoms with Crippen molar-refractivity contribution in [2.24, 2.45) is 17.6 Å². The van der Waals surface area contributed by atoms with Gasteiger partial charge in [-0.15, -0.1) is 12.4 Å². The number of nitrogens with zero attached hydrogens (tertiary/aromatic N) is 2. The Morgan fingerprint density at radius 3 is 2.42 bits per heavy atom. The number of carbonyl (C=O) groups is 2. The molecule has 1 unspecified atom stereocenters. The highest BCUT2D eigenvalue weighted by atomic mass is 35.5. The fourth-order valence-electron chi connectivity index (χ4n) is 3.34. The number of hydrogen-bond acceptors (Lipinski definition) is 3. The van der Waals surface area contributed by atoms with E-state index in [0.29, 0.717) is 25.4 Å². The Hall–Kier alpha value is -1.01. The molecule has 2 aliphatic rings. The maximum atomic E-state index is 12.4. The summed E-state index contributed by atoms with van der Waals surface area (Å²) >= 11 is 0. The molecule has 1 atom stereocenters. The van der Waals surface area contributed by atoms with Crippen molar-refractivity contribution in [3.05, 3.63) is 0 Å². The Bertz CT molecular complexity index is 411. The van der Waals surface area contributed by atoms with Crippen LogP contribution in [0.15, 0.2) is 0 Å². The molecule has 0 spiro atoms. The largest absolute Gasteiger partial charge is 0.343 e. The van der Waals surface area contributed by atoms with E-state index < -0.39 is 0 Å². The van der Waals surface area contributed by atoms with Crippen molar-refractivity contribution in [2.75, 3.05) is 32.7 Å². The van der Waals surface area contributed by atoms with Crippen LogP contribution in [-0.4, -0.2) is 60.5 Å². The lowest BCUT2D eigenvalue weighted by molar-refractivity contribution is -0.133. The number of nitrogens with one attached hydrogen (secondary N) is 1. The minimum atomic E-state index is 0. The van der Waals surface area contributed by atoms with E-state index in [1.165, 1.54) is 0 Å². The Kier molecular flexibility index (Phi) is 8.84. The van der Waals surface area contributed by atoms with Crippen molar-refractivity contribution in [3.8, 4) is 0 Å². The van der Waals surface area contributed by atoms with Gasteiger partial charge in [-0.25, -0.2) is 4.79 Å². The molecule has 0 aromatic heterocycles. The molecule has 2 saturated heterocycles. The fourth-order valence-corrected chi connectivity index (χ4v) is 3.34. The Balaban J connectivity index is 0.00000288. The van der Waals surface area contributed by atoms with Gasteiger partial charge < -0.3 is 20.9 Å². The van der Waals surface area contributed by atoms with Crippen molar-refractivity contribution >= 4 is 24.3 Å². The third kappa shape index (κ3) is 6.48. The lowest BCUT2D eigenvalue weighted by atomic mass is 9.93. The zero-order valence-corrected chi connectivity index (χ0v) is 15.8. The maximum absolute atomic E-state index is 12.4. The first-order valence-corrected chi connectivity index (χ1v) is 9.02. The number of halogens is 1. The van der Waals surface area contributed by atoms with Crippen LogP contribution < -0.4 is 11.1 Å². The molecular weight excluding hydrogens is 328 g/mol. The molecule has 2 rings (SSSR count). The van der Waals surface area contributed by atoms with Crippen LogP contribution in [0.1, 0.15) is 46.0 Å². The third-order valence-electron chi connectivity index (χ3n) is 4.82. The topological polar surface area (TPSA) is 78.7 Å². The van der Waals surface area contributed by atoms with Gasteiger partial charge in [0.05, 0.1) is 0 Å². The SMILES string of the molecule is CC(C)CNC(=O)N1CCCC(CC(=O)N2CCC(N)CC2)C1.Cl. The highest BCUT2D eigenvalue weighted by Crippen LogP contribution is 2.21. The van der Waals surface area contributed by atoms with Crippen LogP contribution in [0.25, 0.3) is 0 Å². The molecule has 6 nitrogen and oxygen atoms in total. The van der Waals surface area contributed by atoms with Gasteiger partial charge in [0, 0.05) is 45.2 Å². The highest BCUT2D eigenvalue weighted by Gasteiger charge is 2.28. The van der Waals surface area contributed by atoms with Crippen LogP contribution in [0.3, 0.4) is 0 Å². The average molecular weight is 361 g/mol. The van der Waals surface area contributed by atoms with E-state index >= 15 is 0 Å². The second kappa shape index (κ2) is 10.1. The fraction of sp³-hybridized carbons (Fsp3) is 0.882. The van der Waals surface area contributed by atoms with Crippen molar-refractivity contribution < 1.29 is 9.59 Å². The van der Waals surface area contributed by atoms with Gasteiger partial charge in [0.15, 0.2) is 0 Å². The van der Waals surface area contributed by atoms with Gasteiger partial charge in [0.2, 0.25) is 5.91 Å². The van der Waals surface area contributed by atoms with Gasteiger partial charge >= 0.3 is 6.03 Å². The molecule has 0 saturated carbocycles. The second-order valence-corrected chi connectivity index (χ2v) is 7.46. The molecule has 2 aliphatic heterocycles. The molecule has 3 N–H and O–H groups in total. The van der Waals surface area contributed by atoms with Crippen LogP contribution >= 0.6 is 12.4 Å². The molecule has 0 aliphatic carbocycles. The number of amides is 3. The van der Waals surface area contributed by atoms with E-state index in [2.05, 4.69) is 19.2 Å². The highest BCUT2D eigenvalue weighted by molar-refractivity contribution is 5.85. The van der Waals surface area contributed by atoms with Gasteiger partial charge in [0.1, 0.15) is 0 Å². The van der Waals surface area contributed by atoms with Crippen LogP contribution in [0.5, 0.6) is 0 Å². The maximum Gasteiger partial charge on any atom is 0.317 e. The van der Waals surface area contributed by atoms with Gasteiger partial charge in [-0.05, 0) is 37.5 Å². The number of rotatable bonds is 4. The summed E-state index contributed by atoms with van der Waals surface area (Å²) in [5.74, 6) is 0.967. The summed E-state index contributed by atoms with van der Waals surface area (Å²) in [5.41, 5.74) is 5.89. The third-order valence-corrected chi connectivity index (χ3v) is 4.82. The molecule has 2 heterocycles. The summed E-state index contributed by atoms with van der Waals surface area (Å²) in [6.07, 6.45) is 4.38. The molecule has 24 heavy (non-hydrogen) atoms. The molecule has 7 heteroatoms. The first kappa shape index (κ1) is 21.0. The molecule has 3 amide bonds. The lowest BCUT2D eigenvalue weighted by Crippen LogP contribution is -2.48. The standard InChI is InChI=1S/C17H32N4O2.ClH/c1-13(2)11-19-17(23)21-7-3-4-14(12-21)10-16(22)20-8-5-15(18)6-9-20;/h13-15H,3-12,18H2,1-2H3,(H,19,23);1H. The number of piperidine rings is 2. The quantitative estimate of drug-likeness (QED) is 0.802. The molecule has 2 fully saturated rings. The van der Waals surface area contributed by atoms with E-state index in [1.54, 1.807) is 0 Å². The Labute approximate surface area is 151 Å². The summed E-state index contributed by atoms with van der Waals surface area (Å²) in [5, 5.41) is 2.97. The summed E-state index contributed by atoms with van der Waals surface area (Å²) in [4.78, 5) is 28.4. The Morgan fingerprint density at radius 1 is 1.12 bits per heavy atom. The molecule has 140 valence electrons. The minimum absolute atomic E-state index is 0. The summed E-state index contributed by atoms with van der Waals surface area (Å²) in [6, 6.07) is 0.258. The number of urea groups is 1. The number of hydrogen-bond donors (Lipinski definition) is 2. The van der Waals surface area contributed by atoms with E-state index in [4.69, 9.17) is 5.73 Å². The van der Waals surface area contributed by atoms with Crippen molar-refractivity contribution in [3.63, 3.8) is 0 Å². The van der Waals surface area contributed by atoms with Crippen molar-refractivity contribution in [2.45, 2.75) is 52.0 Å². The summed E-state index contributed by atoms with van der Waals surface area (Å²) in [6.45, 7) is 7.94. The van der Waals surface area contributed by atoms with E-state index in [0.717, 1.165) is 45.3 Å². The van der Waals surface area contributed by atoms with Crippen LogP contribution in [0.4, 0.5) is 4.79 Å². The van der Waals surface area contributed by atoms with Crippen LogP contribution in [0, 0.1) is 11.8 Å². The first-order chi connectivity index (χ1) is 11.0. The molecule has 0 aromatic carbocycles. The summed E-state index contributed by atoms with van der Waals surface area (Å²) in [7, 11) is 0. The monoisotopic (exact) mass is 360 g/mol. The Morgan fingerprint density at radius 2 is 1.79 bits per heavy atom. The van der Waals surface area contributed by atoms with Gasteiger partial charge in [-0.3, -0.25) is 4.79 Å². The minimum Gasteiger partial charge on any atom is -0.343 e. The zero-order valence-electron chi connectivity index (χ0n) is 15.0. The van der Waals surface area contributed by atoms with Crippen molar-refractivity contribution in [1.82, 2.24) is 15.1 Å². The first-order valence-electron chi connectivity index (χ1n) is 9.02.